The number of halogens is 1. The van der Waals surface area contributed by atoms with Gasteiger partial charge in [-0.2, -0.15) is 0 Å². The fraction of sp³-hybridized carbons (Fsp3) is 0.647. The number of alkyl halides is 1. The van der Waals surface area contributed by atoms with E-state index in [9.17, 15) is 0 Å². The van der Waals surface area contributed by atoms with E-state index >= 15 is 0 Å². The third-order valence-electron chi connectivity index (χ3n) is 7.95. The molecule has 0 aromatic heterocycles. The number of hydrogen-bond donors (Lipinski definition) is 0. The average molecular weight is 271 g/mol. The van der Waals surface area contributed by atoms with Gasteiger partial charge in [-0.15, -0.1) is 0 Å². The molecule has 0 amide bonds. The zero-order valence-electron chi connectivity index (χ0n) is 10.5. The Morgan fingerprint density at radius 1 is 0.947 bits per heavy atom. The van der Waals surface area contributed by atoms with Crippen molar-refractivity contribution < 1.29 is 4.74 Å². The van der Waals surface area contributed by atoms with E-state index in [1.807, 2.05) is 0 Å². The number of hydrogen-bond acceptors (Lipinski definition) is 1. The van der Waals surface area contributed by atoms with E-state index in [2.05, 4.69) is 30.3 Å². The second kappa shape index (κ2) is 2.29. The summed E-state index contributed by atoms with van der Waals surface area (Å²) in [7, 11) is 0. The van der Waals surface area contributed by atoms with Gasteiger partial charge in [0, 0.05) is 23.7 Å². The van der Waals surface area contributed by atoms with E-state index in [0.717, 1.165) is 35.5 Å². The highest BCUT2D eigenvalue weighted by atomic mass is 35.5. The van der Waals surface area contributed by atoms with Gasteiger partial charge in [-0.3, -0.25) is 0 Å². The molecule has 4 bridgehead atoms. The molecular formula is C17H15ClO. The maximum Gasteiger partial charge on any atom is 0.149 e. The van der Waals surface area contributed by atoms with Crippen LogP contribution in [0.15, 0.2) is 30.3 Å². The Hall–Kier alpha value is -0.530. The third-order valence-corrected chi connectivity index (χ3v) is 8.53. The van der Waals surface area contributed by atoms with Crippen molar-refractivity contribution >= 4 is 11.6 Å². The van der Waals surface area contributed by atoms with Crippen LogP contribution in [0.4, 0.5) is 0 Å². The Morgan fingerprint density at radius 2 is 1.68 bits per heavy atom. The highest BCUT2D eigenvalue weighted by molar-refractivity contribution is 6.24. The molecular weight excluding hydrogens is 256 g/mol. The normalized spacial score (nSPS) is 71.4. The molecule has 19 heavy (non-hydrogen) atoms. The first-order valence-electron chi connectivity index (χ1n) is 7.73. The van der Waals surface area contributed by atoms with Crippen LogP contribution < -0.4 is 0 Å². The van der Waals surface area contributed by atoms with Crippen LogP contribution in [-0.4, -0.2) is 5.06 Å². The van der Waals surface area contributed by atoms with Crippen LogP contribution in [0.25, 0.3) is 0 Å². The lowest BCUT2D eigenvalue weighted by Crippen LogP contribution is -2.49. The Balaban J connectivity index is 1.59. The Bertz CT molecular complexity index is 644. The van der Waals surface area contributed by atoms with Crippen LogP contribution >= 0.6 is 11.6 Å². The summed E-state index contributed by atoms with van der Waals surface area (Å²) in [6.45, 7) is 0. The molecule has 0 unspecified atom stereocenters. The van der Waals surface area contributed by atoms with Crippen molar-refractivity contribution in [1.82, 2.24) is 0 Å². The molecule has 2 heteroatoms. The SMILES string of the molecule is Cl[C@@]12O[C@@]3(c4ccccc4)[C@@H]4[C@H]5C[C@@H]([C@@H]6[C@@H]5[C@@H]3[C@H]61)[C@H]42. The Kier molecular flexibility index (Phi) is 1.14. The van der Waals surface area contributed by atoms with Gasteiger partial charge >= 0.3 is 0 Å². The second-order valence-electron chi connectivity index (χ2n) is 7.78. The van der Waals surface area contributed by atoms with Crippen LogP contribution in [0.3, 0.4) is 0 Å². The summed E-state index contributed by atoms with van der Waals surface area (Å²) in [5.74, 6) is 6.57. The van der Waals surface area contributed by atoms with E-state index < -0.39 is 0 Å². The minimum Gasteiger partial charge on any atom is -0.347 e. The zero-order chi connectivity index (χ0) is 12.1. The van der Waals surface area contributed by atoms with Crippen LogP contribution in [0.2, 0.25) is 0 Å². The molecule has 5 saturated carbocycles. The van der Waals surface area contributed by atoms with Crippen LogP contribution in [0, 0.1) is 47.3 Å². The summed E-state index contributed by atoms with van der Waals surface area (Å²) in [5, 5.41) is -0.276. The molecule has 1 aromatic carbocycles. The van der Waals surface area contributed by atoms with Crippen molar-refractivity contribution in [2.75, 3.05) is 0 Å². The Morgan fingerprint density at radius 3 is 2.53 bits per heavy atom. The lowest BCUT2D eigenvalue weighted by molar-refractivity contribution is -0.0441. The van der Waals surface area contributed by atoms with Gasteiger partial charge in [0.25, 0.3) is 0 Å². The molecule has 0 N–H and O–H groups in total. The summed E-state index contributed by atoms with van der Waals surface area (Å²) in [6.07, 6.45) is 1.46. The molecule has 5 aliphatic carbocycles. The van der Waals surface area contributed by atoms with E-state index in [-0.39, 0.29) is 10.7 Å². The third kappa shape index (κ3) is 0.600. The van der Waals surface area contributed by atoms with Crippen molar-refractivity contribution in [1.29, 1.82) is 0 Å². The maximum absolute atomic E-state index is 7.05. The highest BCUT2D eigenvalue weighted by Gasteiger charge is 2.97. The molecule has 8 rings (SSSR count). The van der Waals surface area contributed by atoms with E-state index in [0.29, 0.717) is 11.8 Å². The minimum absolute atomic E-state index is 0.00935. The van der Waals surface area contributed by atoms with Gasteiger partial charge in [-0.25, -0.2) is 0 Å². The van der Waals surface area contributed by atoms with Crippen LogP contribution in [-0.2, 0) is 10.3 Å². The first-order valence-corrected chi connectivity index (χ1v) is 8.11. The molecule has 7 fully saturated rings. The summed E-state index contributed by atoms with van der Waals surface area (Å²) in [4.78, 5) is 0. The molecule has 2 aliphatic heterocycles. The summed E-state index contributed by atoms with van der Waals surface area (Å²) in [6, 6.07) is 11.0. The van der Waals surface area contributed by atoms with Crippen molar-refractivity contribution in [3.05, 3.63) is 35.9 Å². The predicted octanol–water partition coefficient (Wildman–Crippen LogP) is 3.23. The molecule has 7 aliphatic rings. The standard InChI is InChI=1S/C17H15ClO/c18-17-13-9-6-8-10-11(9)15(17)14(10)16(19-17,12(8)13)7-4-2-1-3-5-7/h1-5,8-15H,6H2/t8-,9-,10+,11+,12+,13+,14+,15-,16-,17-/m0/s1. The molecule has 1 nitrogen and oxygen atoms in total. The van der Waals surface area contributed by atoms with Crippen molar-refractivity contribution in [2.45, 2.75) is 17.1 Å². The van der Waals surface area contributed by atoms with E-state index in [1.165, 1.54) is 12.0 Å². The van der Waals surface area contributed by atoms with Crippen molar-refractivity contribution in [3.63, 3.8) is 0 Å². The van der Waals surface area contributed by atoms with Gasteiger partial charge in [0.05, 0.1) is 0 Å². The Labute approximate surface area is 117 Å². The average Bonchev–Trinajstić information content (AvgIpc) is 3.01. The van der Waals surface area contributed by atoms with Gasteiger partial charge < -0.3 is 4.74 Å². The quantitative estimate of drug-likeness (QED) is 0.712. The van der Waals surface area contributed by atoms with Crippen molar-refractivity contribution in [3.8, 4) is 0 Å². The second-order valence-corrected chi connectivity index (χ2v) is 8.37. The smallest absolute Gasteiger partial charge is 0.149 e. The molecule has 2 heterocycles. The fourth-order valence-electron chi connectivity index (χ4n) is 8.15. The van der Waals surface area contributed by atoms with Crippen molar-refractivity contribution in [2.24, 2.45) is 47.3 Å². The molecule has 10 atom stereocenters. The first-order chi connectivity index (χ1) is 9.28. The number of ether oxygens (including phenoxy) is 1. The van der Waals surface area contributed by atoms with Gasteiger partial charge in [-0.05, 0) is 35.7 Å². The summed E-state index contributed by atoms with van der Waals surface area (Å²) < 4.78 is 6.69. The molecule has 2 saturated heterocycles. The lowest BCUT2D eigenvalue weighted by Gasteiger charge is -2.46. The first kappa shape index (κ1) is 9.41. The number of rotatable bonds is 1. The largest absolute Gasteiger partial charge is 0.347 e. The van der Waals surface area contributed by atoms with Gasteiger partial charge in [0.2, 0.25) is 0 Å². The minimum atomic E-state index is -0.276. The van der Waals surface area contributed by atoms with E-state index in [4.69, 9.17) is 16.3 Å². The van der Waals surface area contributed by atoms with Crippen LogP contribution in [0.5, 0.6) is 0 Å². The van der Waals surface area contributed by atoms with Gasteiger partial charge in [0.15, 0.2) is 0 Å². The fourth-order valence-corrected chi connectivity index (χ4v) is 8.85. The highest BCUT2D eigenvalue weighted by Crippen LogP contribution is 2.95. The van der Waals surface area contributed by atoms with E-state index in [1.54, 1.807) is 0 Å². The maximum atomic E-state index is 7.05. The molecule has 1 aromatic rings. The molecule has 96 valence electrons. The number of benzene rings is 1. The summed E-state index contributed by atoms with van der Waals surface area (Å²) in [5.41, 5.74) is 1.43. The van der Waals surface area contributed by atoms with Gasteiger partial charge in [0.1, 0.15) is 10.7 Å². The topological polar surface area (TPSA) is 9.23 Å². The van der Waals surface area contributed by atoms with Gasteiger partial charge in [-0.1, -0.05) is 41.9 Å². The molecule has 0 spiro atoms. The zero-order valence-corrected chi connectivity index (χ0v) is 11.3. The van der Waals surface area contributed by atoms with Crippen LogP contribution in [0.1, 0.15) is 12.0 Å². The lowest BCUT2D eigenvalue weighted by atomic mass is 9.56. The summed E-state index contributed by atoms with van der Waals surface area (Å²) >= 11 is 7.05. The predicted molar refractivity (Wildman–Crippen MR) is 70.3 cm³/mol. The molecule has 0 radical (unpaired) electrons. The monoisotopic (exact) mass is 270 g/mol.